The van der Waals surface area contributed by atoms with Crippen molar-refractivity contribution in [2.24, 2.45) is 17.8 Å². The lowest BCUT2D eigenvalue weighted by molar-refractivity contribution is -0.146. The van der Waals surface area contributed by atoms with Crippen molar-refractivity contribution in [3.05, 3.63) is 35.4 Å². The van der Waals surface area contributed by atoms with E-state index in [1.807, 2.05) is 31.2 Å². The highest BCUT2D eigenvalue weighted by Gasteiger charge is 2.41. The number of aliphatic carboxylic acids is 1. The monoisotopic (exact) mass is 289 g/mol. The van der Waals surface area contributed by atoms with Gasteiger partial charge in [0.1, 0.15) is 0 Å². The zero-order valence-electron chi connectivity index (χ0n) is 12.6. The lowest BCUT2D eigenvalue weighted by Crippen LogP contribution is -2.34. The third-order valence-electron chi connectivity index (χ3n) is 4.44. The average molecular weight is 289 g/mol. The zero-order valence-corrected chi connectivity index (χ0v) is 12.6. The van der Waals surface area contributed by atoms with E-state index in [1.165, 1.54) is 0 Å². The van der Waals surface area contributed by atoms with E-state index in [2.05, 4.69) is 12.2 Å². The zero-order chi connectivity index (χ0) is 15.4. The van der Waals surface area contributed by atoms with Gasteiger partial charge in [-0.1, -0.05) is 43.2 Å². The van der Waals surface area contributed by atoms with Crippen molar-refractivity contribution < 1.29 is 14.7 Å². The minimum absolute atomic E-state index is 0.125. The van der Waals surface area contributed by atoms with Gasteiger partial charge in [-0.05, 0) is 31.2 Å². The van der Waals surface area contributed by atoms with Crippen LogP contribution in [0.25, 0.3) is 0 Å². The first kappa shape index (κ1) is 15.5. The maximum Gasteiger partial charge on any atom is 0.307 e. The summed E-state index contributed by atoms with van der Waals surface area (Å²) in [4.78, 5) is 23.6. The first-order valence-corrected chi connectivity index (χ1v) is 7.57. The first-order chi connectivity index (χ1) is 10.0. The highest BCUT2D eigenvalue weighted by Crippen LogP contribution is 2.38. The van der Waals surface area contributed by atoms with E-state index in [1.54, 1.807) is 0 Å². The number of carboxylic acid groups (broad SMARTS) is 1. The van der Waals surface area contributed by atoms with Crippen LogP contribution in [0.4, 0.5) is 0 Å². The highest BCUT2D eigenvalue weighted by molar-refractivity contribution is 5.85. The van der Waals surface area contributed by atoms with Gasteiger partial charge in [0.2, 0.25) is 5.91 Å². The number of carbonyl (C=O) groups is 2. The summed E-state index contributed by atoms with van der Waals surface area (Å²) in [6.07, 6.45) is 2.24. The van der Waals surface area contributed by atoms with Gasteiger partial charge in [-0.25, -0.2) is 0 Å². The number of carbonyl (C=O) groups excluding carboxylic acids is 1. The molecule has 2 rings (SSSR count). The first-order valence-electron chi connectivity index (χ1n) is 7.57. The molecule has 1 amide bonds. The van der Waals surface area contributed by atoms with Gasteiger partial charge in [0, 0.05) is 6.54 Å². The molecule has 3 atom stereocenters. The molecule has 21 heavy (non-hydrogen) atoms. The van der Waals surface area contributed by atoms with E-state index in [-0.39, 0.29) is 5.91 Å². The Labute approximate surface area is 125 Å². The van der Waals surface area contributed by atoms with Crippen LogP contribution in [0.1, 0.15) is 37.3 Å². The molecule has 0 saturated heterocycles. The van der Waals surface area contributed by atoms with Gasteiger partial charge in [-0.2, -0.15) is 0 Å². The van der Waals surface area contributed by atoms with Crippen molar-refractivity contribution in [2.75, 3.05) is 0 Å². The molecule has 1 aliphatic rings. The Morgan fingerprint density at radius 3 is 2.62 bits per heavy atom. The molecule has 0 aliphatic heterocycles. The van der Waals surface area contributed by atoms with E-state index in [9.17, 15) is 14.7 Å². The van der Waals surface area contributed by atoms with Crippen LogP contribution in [0.2, 0.25) is 0 Å². The van der Waals surface area contributed by atoms with Gasteiger partial charge in [0.15, 0.2) is 0 Å². The summed E-state index contributed by atoms with van der Waals surface area (Å²) in [6, 6.07) is 7.96. The summed E-state index contributed by atoms with van der Waals surface area (Å²) in [6.45, 7) is 4.52. The Balaban J connectivity index is 1.97. The fourth-order valence-corrected chi connectivity index (χ4v) is 3.18. The molecule has 114 valence electrons. The number of amides is 1. The van der Waals surface area contributed by atoms with E-state index < -0.39 is 17.8 Å². The molecule has 0 radical (unpaired) electrons. The smallest absolute Gasteiger partial charge is 0.307 e. The van der Waals surface area contributed by atoms with Crippen LogP contribution in [-0.2, 0) is 16.1 Å². The standard InChI is InChI=1S/C17H23NO3/c1-3-12-8-14(15(9-12)17(20)21)16(19)18-10-13-6-4-5-11(2)7-13/h4-7,12,14-15H,3,8-10H2,1-2H3,(H,18,19)(H,20,21). The van der Waals surface area contributed by atoms with Crippen LogP contribution < -0.4 is 5.32 Å². The van der Waals surface area contributed by atoms with Crippen LogP contribution in [0.15, 0.2) is 24.3 Å². The summed E-state index contributed by atoms with van der Waals surface area (Å²) in [5.74, 6) is -1.55. The SMILES string of the molecule is CCC1CC(C(=O)O)C(C(=O)NCc2cccc(C)c2)C1. The van der Waals surface area contributed by atoms with E-state index >= 15 is 0 Å². The van der Waals surface area contributed by atoms with Crippen LogP contribution in [0.3, 0.4) is 0 Å². The molecule has 1 aromatic rings. The maximum atomic E-state index is 12.3. The molecule has 3 unspecified atom stereocenters. The van der Waals surface area contributed by atoms with Gasteiger partial charge in [-0.3, -0.25) is 9.59 Å². The third-order valence-corrected chi connectivity index (χ3v) is 4.44. The van der Waals surface area contributed by atoms with Gasteiger partial charge in [0.25, 0.3) is 0 Å². The third kappa shape index (κ3) is 3.84. The molecule has 1 aliphatic carbocycles. The molecule has 0 heterocycles. The summed E-state index contributed by atoms with van der Waals surface area (Å²) < 4.78 is 0. The summed E-state index contributed by atoms with van der Waals surface area (Å²) in [7, 11) is 0. The number of hydrogen-bond acceptors (Lipinski definition) is 2. The molecule has 1 saturated carbocycles. The second-order valence-electron chi connectivity index (χ2n) is 6.00. The molecule has 4 heteroatoms. The van der Waals surface area contributed by atoms with Gasteiger partial charge >= 0.3 is 5.97 Å². The van der Waals surface area contributed by atoms with Gasteiger partial charge in [0.05, 0.1) is 11.8 Å². The van der Waals surface area contributed by atoms with E-state index in [0.29, 0.717) is 25.3 Å². The normalized spacial score (nSPS) is 24.8. The highest BCUT2D eigenvalue weighted by atomic mass is 16.4. The number of aryl methyl sites for hydroxylation is 1. The van der Waals surface area contributed by atoms with Crippen molar-refractivity contribution in [1.29, 1.82) is 0 Å². The number of benzene rings is 1. The molecular weight excluding hydrogens is 266 g/mol. The quantitative estimate of drug-likeness (QED) is 0.876. The summed E-state index contributed by atoms with van der Waals surface area (Å²) in [5, 5.41) is 12.2. The molecule has 0 spiro atoms. The predicted octanol–water partition coefficient (Wildman–Crippen LogP) is 2.75. The molecular formula is C17H23NO3. The van der Waals surface area contributed by atoms with E-state index in [4.69, 9.17) is 0 Å². The van der Waals surface area contributed by atoms with Crippen LogP contribution in [-0.4, -0.2) is 17.0 Å². The molecule has 0 aromatic heterocycles. The Bertz CT molecular complexity index is 527. The largest absolute Gasteiger partial charge is 0.481 e. The van der Waals surface area contributed by atoms with Crippen molar-refractivity contribution in [3.8, 4) is 0 Å². The lowest BCUT2D eigenvalue weighted by atomic mass is 9.95. The van der Waals surface area contributed by atoms with Crippen molar-refractivity contribution >= 4 is 11.9 Å². The maximum absolute atomic E-state index is 12.3. The Morgan fingerprint density at radius 1 is 1.29 bits per heavy atom. The summed E-state index contributed by atoms with van der Waals surface area (Å²) in [5.41, 5.74) is 2.19. The van der Waals surface area contributed by atoms with Crippen LogP contribution in [0, 0.1) is 24.7 Å². The molecule has 1 fully saturated rings. The van der Waals surface area contributed by atoms with Gasteiger partial charge < -0.3 is 10.4 Å². The molecule has 0 bridgehead atoms. The Kier molecular flexibility index (Phi) is 4.99. The van der Waals surface area contributed by atoms with Crippen molar-refractivity contribution in [3.63, 3.8) is 0 Å². The van der Waals surface area contributed by atoms with Crippen molar-refractivity contribution in [1.82, 2.24) is 5.32 Å². The topological polar surface area (TPSA) is 66.4 Å². The average Bonchev–Trinajstić information content (AvgIpc) is 2.89. The number of carboxylic acids is 1. The second kappa shape index (κ2) is 6.74. The van der Waals surface area contributed by atoms with Crippen LogP contribution in [0.5, 0.6) is 0 Å². The Hall–Kier alpha value is -1.84. The fourth-order valence-electron chi connectivity index (χ4n) is 3.18. The van der Waals surface area contributed by atoms with Crippen molar-refractivity contribution in [2.45, 2.75) is 39.7 Å². The molecule has 4 nitrogen and oxygen atoms in total. The minimum atomic E-state index is -0.846. The van der Waals surface area contributed by atoms with E-state index in [0.717, 1.165) is 17.5 Å². The van der Waals surface area contributed by atoms with Crippen LogP contribution >= 0.6 is 0 Å². The second-order valence-corrected chi connectivity index (χ2v) is 6.00. The summed E-state index contributed by atoms with van der Waals surface area (Å²) >= 11 is 0. The Morgan fingerprint density at radius 2 is 2.00 bits per heavy atom. The number of rotatable bonds is 5. The lowest BCUT2D eigenvalue weighted by Gasteiger charge is -2.15. The van der Waals surface area contributed by atoms with Gasteiger partial charge in [-0.15, -0.1) is 0 Å². The molecule has 2 N–H and O–H groups in total. The number of nitrogens with one attached hydrogen (secondary N) is 1. The fraction of sp³-hybridized carbons (Fsp3) is 0.529. The predicted molar refractivity (Wildman–Crippen MR) is 80.7 cm³/mol. The minimum Gasteiger partial charge on any atom is -0.481 e. The number of hydrogen-bond donors (Lipinski definition) is 2. The molecule has 1 aromatic carbocycles.